The summed E-state index contributed by atoms with van der Waals surface area (Å²) in [6.07, 6.45) is 1.77. The summed E-state index contributed by atoms with van der Waals surface area (Å²) >= 11 is 1.56. The number of anilines is 1. The molecule has 0 aliphatic carbocycles. The number of benzene rings is 2. The number of nitrogens with two attached hydrogens (primary N) is 1. The summed E-state index contributed by atoms with van der Waals surface area (Å²) in [5, 5.41) is 0.370. The first-order valence-corrected chi connectivity index (χ1v) is 13.6. The van der Waals surface area contributed by atoms with Crippen LogP contribution in [-0.2, 0) is 22.7 Å². The Labute approximate surface area is 229 Å². The van der Waals surface area contributed by atoms with E-state index < -0.39 is 23.6 Å². The number of rotatable bonds is 8. The number of esters is 1. The van der Waals surface area contributed by atoms with Gasteiger partial charge in [0.15, 0.2) is 11.6 Å². The highest BCUT2D eigenvalue weighted by atomic mass is 32.2. The Morgan fingerprint density at radius 1 is 1.15 bits per heavy atom. The van der Waals surface area contributed by atoms with Crippen LogP contribution >= 0.6 is 11.8 Å². The van der Waals surface area contributed by atoms with Crippen molar-refractivity contribution in [3.63, 3.8) is 0 Å². The van der Waals surface area contributed by atoms with Crippen LogP contribution in [0.2, 0.25) is 0 Å². The molecule has 0 fully saturated rings. The third kappa shape index (κ3) is 5.81. The van der Waals surface area contributed by atoms with Crippen LogP contribution in [0.25, 0.3) is 10.9 Å². The average molecular weight is 551 g/mol. The molecule has 0 saturated heterocycles. The van der Waals surface area contributed by atoms with Gasteiger partial charge in [-0.2, -0.15) is 0 Å². The minimum absolute atomic E-state index is 0.144. The number of nitrogens with zero attached hydrogens (tertiary/aromatic N) is 3. The summed E-state index contributed by atoms with van der Waals surface area (Å²) in [5.74, 6) is -0.408. The minimum Gasteiger partial charge on any atom is -0.487 e. The van der Waals surface area contributed by atoms with Crippen molar-refractivity contribution in [2.45, 2.75) is 31.4 Å². The summed E-state index contributed by atoms with van der Waals surface area (Å²) in [7, 11) is 2.00. The van der Waals surface area contributed by atoms with Gasteiger partial charge in [0.1, 0.15) is 24.2 Å². The lowest BCUT2D eigenvalue weighted by Crippen LogP contribution is -2.34. The molecule has 0 amide bonds. The number of aromatic nitrogens is 2. The highest BCUT2D eigenvalue weighted by Crippen LogP contribution is 2.45. The normalized spacial score (nSPS) is 15.3. The van der Waals surface area contributed by atoms with Gasteiger partial charge in [-0.1, -0.05) is 18.2 Å². The standard InChI is InChI=1S/C29H28F2N4O3S/c1-3-37-29(36)25(32)16-39-27-21-5-4-10-33-28(21)35(2)14-18-7-9-20(12-22(18)27)38-15-19-8-6-17-11-23(30)24(31)13-26(17)34-19/h4-13,25,27H,3,14-16,32H2,1-2H3. The van der Waals surface area contributed by atoms with Gasteiger partial charge in [-0.25, -0.2) is 18.7 Å². The van der Waals surface area contributed by atoms with E-state index in [-0.39, 0.29) is 18.5 Å². The summed E-state index contributed by atoms with van der Waals surface area (Å²) in [5.41, 5.74) is 10.2. The number of ether oxygens (including phenoxy) is 2. The third-order valence-electron chi connectivity index (χ3n) is 6.48. The van der Waals surface area contributed by atoms with Gasteiger partial charge in [0.2, 0.25) is 0 Å². The van der Waals surface area contributed by atoms with Crippen molar-refractivity contribution in [2.24, 2.45) is 5.73 Å². The lowest BCUT2D eigenvalue weighted by Gasteiger charge is -2.22. The van der Waals surface area contributed by atoms with E-state index in [2.05, 4.69) is 14.9 Å². The Morgan fingerprint density at radius 3 is 2.79 bits per heavy atom. The van der Waals surface area contributed by atoms with Crippen LogP contribution < -0.4 is 15.4 Å². The first-order valence-electron chi connectivity index (χ1n) is 12.5. The largest absolute Gasteiger partial charge is 0.487 e. The number of carbonyl (C=O) groups is 1. The van der Waals surface area contributed by atoms with E-state index in [0.717, 1.165) is 34.6 Å². The maximum Gasteiger partial charge on any atom is 0.323 e. The fourth-order valence-electron chi connectivity index (χ4n) is 4.58. The van der Waals surface area contributed by atoms with Crippen molar-refractivity contribution in [3.05, 3.63) is 94.8 Å². The molecule has 2 aromatic heterocycles. The highest BCUT2D eigenvalue weighted by Gasteiger charge is 2.29. The number of hydrogen-bond acceptors (Lipinski definition) is 8. The third-order valence-corrected chi connectivity index (χ3v) is 7.87. The van der Waals surface area contributed by atoms with Crippen LogP contribution in [0.4, 0.5) is 14.6 Å². The molecule has 0 radical (unpaired) electrons. The fraction of sp³-hybridized carbons (Fsp3) is 0.276. The Balaban J connectivity index is 1.42. The summed E-state index contributed by atoms with van der Waals surface area (Å²) in [4.78, 5) is 23.3. The second-order valence-corrected chi connectivity index (χ2v) is 10.4. The molecule has 4 aromatic rings. The summed E-state index contributed by atoms with van der Waals surface area (Å²) < 4.78 is 38.4. The molecular formula is C29H28F2N4O3S. The Hall–Kier alpha value is -3.76. The Kier molecular flexibility index (Phi) is 7.94. The second kappa shape index (κ2) is 11.5. The van der Waals surface area contributed by atoms with E-state index in [1.165, 1.54) is 0 Å². The zero-order chi connectivity index (χ0) is 27.5. The number of pyridine rings is 2. The highest BCUT2D eigenvalue weighted by molar-refractivity contribution is 7.99. The number of thioether (sulfide) groups is 1. The Morgan fingerprint density at radius 2 is 1.97 bits per heavy atom. The van der Waals surface area contributed by atoms with E-state index in [9.17, 15) is 13.6 Å². The van der Waals surface area contributed by atoms with Gasteiger partial charge in [0.25, 0.3) is 0 Å². The average Bonchev–Trinajstić information content (AvgIpc) is 3.05. The van der Waals surface area contributed by atoms with E-state index >= 15 is 0 Å². The van der Waals surface area contributed by atoms with Gasteiger partial charge >= 0.3 is 5.97 Å². The molecule has 0 spiro atoms. The van der Waals surface area contributed by atoms with Gasteiger partial charge in [0, 0.05) is 42.6 Å². The maximum absolute atomic E-state index is 13.7. The summed E-state index contributed by atoms with van der Waals surface area (Å²) in [6, 6.07) is 14.7. The zero-order valence-corrected chi connectivity index (χ0v) is 22.4. The van der Waals surface area contributed by atoms with Crippen LogP contribution in [0.3, 0.4) is 0 Å². The first kappa shape index (κ1) is 26.8. The minimum atomic E-state index is -0.940. The molecule has 2 N–H and O–H groups in total. The lowest BCUT2D eigenvalue weighted by molar-refractivity contribution is -0.144. The topological polar surface area (TPSA) is 90.6 Å². The van der Waals surface area contributed by atoms with Crippen LogP contribution in [0, 0.1) is 11.6 Å². The molecule has 3 heterocycles. The van der Waals surface area contributed by atoms with Crippen molar-refractivity contribution in [1.29, 1.82) is 0 Å². The molecule has 10 heteroatoms. The van der Waals surface area contributed by atoms with Gasteiger partial charge in [-0.15, -0.1) is 11.8 Å². The molecule has 2 atom stereocenters. The lowest BCUT2D eigenvalue weighted by atomic mass is 10.0. The zero-order valence-electron chi connectivity index (χ0n) is 21.6. The van der Waals surface area contributed by atoms with Crippen molar-refractivity contribution in [2.75, 3.05) is 24.3 Å². The second-order valence-electron chi connectivity index (χ2n) is 9.26. The van der Waals surface area contributed by atoms with Crippen molar-refractivity contribution >= 4 is 34.5 Å². The SMILES string of the molecule is CCOC(=O)C(N)CSC1c2cc(OCc3ccc4cc(F)c(F)cc4n3)ccc2CN(C)c2ncccc21. The van der Waals surface area contributed by atoms with Gasteiger partial charge in [-0.05, 0) is 48.4 Å². The van der Waals surface area contributed by atoms with Gasteiger partial charge < -0.3 is 20.1 Å². The molecular weight excluding hydrogens is 522 g/mol. The van der Waals surface area contributed by atoms with Crippen molar-refractivity contribution < 1.29 is 23.0 Å². The van der Waals surface area contributed by atoms with Crippen LogP contribution in [0.5, 0.6) is 5.75 Å². The molecule has 0 saturated carbocycles. The van der Waals surface area contributed by atoms with Crippen LogP contribution in [0.15, 0.2) is 60.8 Å². The molecule has 39 heavy (non-hydrogen) atoms. The van der Waals surface area contributed by atoms with Gasteiger partial charge in [0.05, 0.1) is 23.1 Å². The number of hydrogen-bond donors (Lipinski definition) is 1. The molecule has 1 aliphatic rings. The number of carbonyl (C=O) groups excluding carboxylic acids is 1. The maximum atomic E-state index is 13.7. The smallest absolute Gasteiger partial charge is 0.323 e. The molecule has 202 valence electrons. The molecule has 5 rings (SSSR count). The van der Waals surface area contributed by atoms with E-state index in [1.807, 2.05) is 37.4 Å². The molecule has 2 aromatic carbocycles. The Bertz CT molecular complexity index is 1520. The molecule has 1 aliphatic heterocycles. The van der Waals surface area contributed by atoms with E-state index in [0.29, 0.717) is 34.6 Å². The van der Waals surface area contributed by atoms with Crippen molar-refractivity contribution in [1.82, 2.24) is 9.97 Å². The molecule has 0 bridgehead atoms. The predicted molar refractivity (Wildman–Crippen MR) is 148 cm³/mol. The van der Waals surface area contributed by atoms with Crippen LogP contribution in [-0.4, -0.2) is 41.4 Å². The predicted octanol–water partition coefficient (Wildman–Crippen LogP) is 5.15. The molecule has 2 unspecified atom stereocenters. The number of fused-ring (bicyclic) bond motifs is 3. The molecule has 7 nitrogen and oxygen atoms in total. The number of halogens is 2. The van der Waals surface area contributed by atoms with E-state index in [1.54, 1.807) is 37.0 Å². The summed E-state index contributed by atoms with van der Waals surface area (Å²) in [6.45, 7) is 2.83. The first-order chi connectivity index (χ1) is 18.8. The van der Waals surface area contributed by atoms with E-state index in [4.69, 9.17) is 15.2 Å². The monoisotopic (exact) mass is 550 g/mol. The van der Waals surface area contributed by atoms with Crippen LogP contribution in [0.1, 0.15) is 34.6 Å². The fourth-order valence-corrected chi connectivity index (χ4v) is 5.87. The van der Waals surface area contributed by atoms with Crippen molar-refractivity contribution in [3.8, 4) is 5.75 Å². The van der Waals surface area contributed by atoms with Gasteiger partial charge in [-0.3, -0.25) is 4.79 Å². The quantitative estimate of drug-likeness (QED) is 0.301.